The molecule has 0 saturated heterocycles. The molecule has 0 fully saturated rings. The third-order valence-corrected chi connectivity index (χ3v) is 5.14. The van der Waals surface area contributed by atoms with Crippen LogP contribution < -0.4 is 10.2 Å². The lowest BCUT2D eigenvalue weighted by Crippen LogP contribution is -2.29. The first-order chi connectivity index (χ1) is 13.5. The number of rotatable bonds is 3. The molecule has 140 valence electrons. The summed E-state index contributed by atoms with van der Waals surface area (Å²) in [6.07, 6.45) is 3.82. The average molecular weight is 371 g/mol. The van der Waals surface area contributed by atoms with Gasteiger partial charge in [0.05, 0.1) is 11.1 Å². The van der Waals surface area contributed by atoms with Crippen LogP contribution in [0.25, 0.3) is 0 Å². The predicted octanol–water partition coefficient (Wildman–Crippen LogP) is 4.15. The van der Waals surface area contributed by atoms with Crippen LogP contribution >= 0.6 is 0 Å². The summed E-state index contributed by atoms with van der Waals surface area (Å²) in [7, 11) is 0. The molecule has 1 N–H and O–H groups in total. The van der Waals surface area contributed by atoms with Gasteiger partial charge in [-0.1, -0.05) is 24.3 Å². The van der Waals surface area contributed by atoms with Gasteiger partial charge in [-0.2, -0.15) is 0 Å². The van der Waals surface area contributed by atoms with Gasteiger partial charge in [0.1, 0.15) is 0 Å². The molecule has 2 heterocycles. The summed E-state index contributed by atoms with van der Waals surface area (Å²) in [5, 5.41) is 2.87. The Morgan fingerprint density at radius 3 is 2.57 bits per heavy atom. The fourth-order valence-electron chi connectivity index (χ4n) is 3.41. The molecule has 0 aliphatic carbocycles. The van der Waals surface area contributed by atoms with Crippen LogP contribution in [0.15, 0.2) is 60.9 Å². The molecule has 3 aromatic rings. The zero-order valence-corrected chi connectivity index (χ0v) is 15.9. The maximum absolute atomic E-state index is 13.0. The molecule has 2 amide bonds. The minimum atomic E-state index is -0.285. The Hall–Kier alpha value is -3.47. The van der Waals surface area contributed by atoms with Crippen molar-refractivity contribution in [3.63, 3.8) is 0 Å². The van der Waals surface area contributed by atoms with Crippen LogP contribution in [0.5, 0.6) is 0 Å². The van der Waals surface area contributed by atoms with Crippen molar-refractivity contribution < 1.29 is 9.59 Å². The number of hydrogen-bond acceptors (Lipinski definition) is 3. The molecular formula is C23H21N3O2. The molecule has 5 nitrogen and oxygen atoms in total. The smallest absolute Gasteiger partial charge is 0.259 e. The van der Waals surface area contributed by atoms with E-state index >= 15 is 0 Å². The summed E-state index contributed by atoms with van der Waals surface area (Å²) in [6, 6.07) is 15.3. The van der Waals surface area contributed by atoms with E-state index < -0.39 is 0 Å². The highest BCUT2D eigenvalue weighted by Gasteiger charge is 2.25. The van der Waals surface area contributed by atoms with Crippen molar-refractivity contribution in [2.24, 2.45) is 0 Å². The van der Waals surface area contributed by atoms with Crippen LogP contribution in [-0.2, 0) is 6.42 Å². The number of nitrogens with zero attached hydrogens (tertiary/aromatic N) is 2. The Morgan fingerprint density at radius 2 is 1.75 bits per heavy atom. The monoisotopic (exact) mass is 371 g/mol. The van der Waals surface area contributed by atoms with Gasteiger partial charge in [-0.3, -0.25) is 14.6 Å². The molecule has 4 rings (SSSR count). The van der Waals surface area contributed by atoms with E-state index in [-0.39, 0.29) is 11.8 Å². The summed E-state index contributed by atoms with van der Waals surface area (Å²) in [4.78, 5) is 31.5. The Balaban J connectivity index is 1.55. The Morgan fingerprint density at radius 1 is 0.964 bits per heavy atom. The number of aryl methyl sites for hydroxylation is 2. The van der Waals surface area contributed by atoms with Gasteiger partial charge in [0.2, 0.25) is 0 Å². The number of para-hydroxylation sites is 1. The summed E-state index contributed by atoms with van der Waals surface area (Å²) in [5.41, 5.74) is 5.84. The molecule has 0 radical (unpaired) electrons. The standard InChI is InChI=1S/C23H21N3O2/c1-15-7-8-20(11-16(15)2)25-22(27)18-12-19(14-24-13-18)23(28)26-10-9-17-5-3-4-6-21(17)26/h3-8,11-14H,9-10H2,1-2H3,(H,25,27). The SMILES string of the molecule is Cc1ccc(NC(=O)c2cncc(C(=O)N3CCc4ccccc43)c2)cc1C. The highest BCUT2D eigenvalue weighted by molar-refractivity contribution is 6.10. The summed E-state index contributed by atoms with van der Waals surface area (Å²) < 4.78 is 0. The molecule has 5 heteroatoms. The second-order valence-electron chi connectivity index (χ2n) is 7.05. The van der Waals surface area contributed by atoms with Crippen LogP contribution in [0.1, 0.15) is 37.4 Å². The minimum absolute atomic E-state index is 0.140. The van der Waals surface area contributed by atoms with E-state index in [0.29, 0.717) is 17.7 Å². The first-order valence-corrected chi connectivity index (χ1v) is 9.26. The molecule has 0 bridgehead atoms. The van der Waals surface area contributed by atoms with Crippen LogP contribution in [0, 0.1) is 13.8 Å². The van der Waals surface area contributed by atoms with E-state index in [0.717, 1.165) is 34.5 Å². The van der Waals surface area contributed by atoms with Crippen molar-refractivity contribution in [1.82, 2.24) is 4.98 Å². The van der Waals surface area contributed by atoms with Crippen molar-refractivity contribution in [2.75, 3.05) is 16.8 Å². The van der Waals surface area contributed by atoms with Crippen molar-refractivity contribution in [3.05, 3.63) is 88.7 Å². The maximum Gasteiger partial charge on any atom is 0.259 e. The molecule has 28 heavy (non-hydrogen) atoms. The lowest BCUT2D eigenvalue weighted by atomic mass is 10.1. The van der Waals surface area contributed by atoms with E-state index in [1.165, 1.54) is 12.4 Å². The third kappa shape index (κ3) is 3.39. The molecule has 0 atom stereocenters. The van der Waals surface area contributed by atoms with Gasteiger partial charge in [0.25, 0.3) is 11.8 Å². The quantitative estimate of drug-likeness (QED) is 0.752. The maximum atomic E-state index is 13.0. The van der Waals surface area contributed by atoms with Crippen molar-refractivity contribution in [1.29, 1.82) is 0 Å². The number of carbonyl (C=O) groups excluding carboxylic acids is 2. The normalized spacial score (nSPS) is 12.6. The highest BCUT2D eigenvalue weighted by atomic mass is 16.2. The average Bonchev–Trinajstić information content (AvgIpc) is 3.14. The second-order valence-corrected chi connectivity index (χ2v) is 7.05. The van der Waals surface area contributed by atoms with Crippen LogP contribution in [0.2, 0.25) is 0 Å². The van der Waals surface area contributed by atoms with E-state index in [2.05, 4.69) is 10.3 Å². The first-order valence-electron chi connectivity index (χ1n) is 9.26. The lowest BCUT2D eigenvalue weighted by Gasteiger charge is -2.17. The lowest BCUT2D eigenvalue weighted by molar-refractivity contribution is 0.0989. The Bertz CT molecular complexity index is 1070. The van der Waals surface area contributed by atoms with Crippen molar-refractivity contribution in [2.45, 2.75) is 20.3 Å². The molecule has 2 aromatic carbocycles. The number of amides is 2. The van der Waals surface area contributed by atoms with Gasteiger partial charge in [0, 0.05) is 30.3 Å². The van der Waals surface area contributed by atoms with Gasteiger partial charge in [-0.05, 0) is 61.2 Å². The molecule has 0 unspecified atom stereocenters. The Labute approximate surface area is 164 Å². The molecule has 1 aromatic heterocycles. The summed E-state index contributed by atoms with van der Waals surface area (Å²) in [6.45, 7) is 4.66. The van der Waals surface area contributed by atoms with Crippen molar-refractivity contribution >= 4 is 23.2 Å². The molecular weight excluding hydrogens is 350 g/mol. The Kier molecular flexibility index (Phi) is 4.65. The molecule has 1 aliphatic heterocycles. The van der Waals surface area contributed by atoms with E-state index in [9.17, 15) is 9.59 Å². The fourth-order valence-corrected chi connectivity index (χ4v) is 3.41. The van der Waals surface area contributed by atoms with E-state index in [1.54, 1.807) is 11.0 Å². The summed E-state index contributed by atoms with van der Waals surface area (Å²) >= 11 is 0. The van der Waals surface area contributed by atoms with Gasteiger partial charge < -0.3 is 10.2 Å². The topological polar surface area (TPSA) is 62.3 Å². The number of hydrogen-bond donors (Lipinski definition) is 1. The van der Waals surface area contributed by atoms with Crippen LogP contribution in [0.4, 0.5) is 11.4 Å². The molecule has 0 saturated carbocycles. The fraction of sp³-hybridized carbons (Fsp3) is 0.174. The van der Waals surface area contributed by atoms with Gasteiger partial charge in [0.15, 0.2) is 0 Å². The van der Waals surface area contributed by atoms with E-state index in [1.807, 2.05) is 56.3 Å². The highest BCUT2D eigenvalue weighted by Crippen LogP contribution is 2.28. The number of aromatic nitrogens is 1. The van der Waals surface area contributed by atoms with Gasteiger partial charge in [-0.15, -0.1) is 0 Å². The van der Waals surface area contributed by atoms with Crippen LogP contribution in [0.3, 0.4) is 0 Å². The number of anilines is 2. The second kappa shape index (κ2) is 7.27. The largest absolute Gasteiger partial charge is 0.322 e. The number of nitrogens with one attached hydrogen (secondary N) is 1. The first kappa shape index (κ1) is 17.9. The minimum Gasteiger partial charge on any atom is -0.322 e. The number of fused-ring (bicyclic) bond motifs is 1. The predicted molar refractivity (Wildman–Crippen MR) is 110 cm³/mol. The van der Waals surface area contributed by atoms with Gasteiger partial charge in [-0.25, -0.2) is 0 Å². The number of pyridine rings is 1. The molecule has 1 aliphatic rings. The summed E-state index contributed by atoms with van der Waals surface area (Å²) in [5.74, 6) is -0.425. The van der Waals surface area contributed by atoms with Crippen LogP contribution in [-0.4, -0.2) is 23.3 Å². The van der Waals surface area contributed by atoms with Crippen molar-refractivity contribution in [3.8, 4) is 0 Å². The number of carbonyl (C=O) groups is 2. The van der Waals surface area contributed by atoms with Gasteiger partial charge >= 0.3 is 0 Å². The zero-order chi connectivity index (χ0) is 19.7. The van der Waals surface area contributed by atoms with E-state index in [4.69, 9.17) is 0 Å². The zero-order valence-electron chi connectivity index (χ0n) is 15.9. The number of benzene rings is 2. The molecule has 0 spiro atoms. The third-order valence-electron chi connectivity index (χ3n) is 5.14.